The van der Waals surface area contributed by atoms with Gasteiger partial charge in [0, 0.05) is 29.4 Å². The van der Waals surface area contributed by atoms with Crippen LogP contribution < -0.4 is 4.74 Å². The van der Waals surface area contributed by atoms with Crippen LogP contribution in [0.2, 0.25) is 0 Å². The Kier molecular flexibility index (Phi) is 4.43. The molecule has 1 N–H and O–H groups in total. The molecule has 0 fully saturated rings. The van der Waals surface area contributed by atoms with E-state index in [1.165, 1.54) is 27.3 Å². The maximum Gasteiger partial charge on any atom is 0.234 e. The van der Waals surface area contributed by atoms with Crippen LogP contribution in [0.4, 0.5) is 0 Å². The van der Waals surface area contributed by atoms with Gasteiger partial charge in [0.25, 0.3) is 0 Å². The smallest absolute Gasteiger partial charge is 0.234 e. The van der Waals surface area contributed by atoms with E-state index in [1.807, 2.05) is 10.6 Å². The third-order valence-corrected chi connectivity index (χ3v) is 6.88. The molecule has 7 heteroatoms. The van der Waals surface area contributed by atoms with E-state index >= 15 is 0 Å². The summed E-state index contributed by atoms with van der Waals surface area (Å²) in [7, 11) is 1.70. The molecule has 0 saturated heterocycles. The zero-order valence-corrected chi connectivity index (χ0v) is 18.6. The second-order valence-corrected chi connectivity index (χ2v) is 8.98. The molecule has 0 saturated carbocycles. The molecule has 0 aliphatic rings. The van der Waals surface area contributed by atoms with E-state index in [0.717, 1.165) is 39.2 Å². The molecule has 6 aromatic rings. The van der Waals surface area contributed by atoms with Crippen LogP contribution in [0.5, 0.6) is 5.75 Å². The molecular weight excluding hydrogens is 418 g/mol. The van der Waals surface area contributed by atoms with Crippen LogP contribution in [0.3, 0.4) is 0 Å². The first-order valence-corrected chi connectivity index (χ1v) is 11.3. The van der Waals surface area contributed by atoms with Gasteiger partial charge in [-0.3, -0.25) is 0 Å². The topological polar surface area (TPSA) is 68.1 Å². The summed E-state index contributed by atoms with van der Waals surface area (Å²) >= 11 is 1.59. The number of aromatic amines is 1. The van der Waals surface area contributed by atoms with Crippen LogP contribution >= 0.6 is 11.3 Å². The highest BCUT2D eigenvalue weighted by atomic mass is 32.1. The second kappa shape index (κ2) is 7.46. The van der Waals surface area contributed by atoms with Crippen LogP contribution in [0.1, 0.15) is 27.7 Å². The number of aryl methyl sites for hydroxylation is 1. The lowest BCUT2D eigenvalue weighted by Gasteiger charge is -2.04. The van der Waals surface area contributed by atoms with E-state index < -0.39 is 0 Å². The summed E-state index contributed by atoms with van der Waals surface area (Å²) in [5, 5.41) is 18.4. The van der Waals surface area contributed by atoms with Gasteiger partial charge in [0.15, 0.2) is 5.82 Å². The highest BCUT2D eigenvalue weighted by Gasteiger charge is 2.16. The average molecular weight is 440 g/mol. The summed E-state index contributed by atoms with van der Waals surface area (Å²) in [6.07, 6.45) is 1.43. The minimum Gasteiger partial charge on any atom is -0.497 e. The van der Waals surface area contributed by atoms with E-state index in [2.05, 4.69) is 76.7 Å². The standard InChI is InChI=1S/C25H21N5OS/c1-15-20(21-13-18(31-2)10-11-22(21)26-15)14-24-29-30-23(27-28-25(30)32-24)12-17-8-5-7-16-6-3-4-9-19(16)17/h3-11,13,26H,12,14H2,1-2H3. The molecule has 0 spiro atoms. The lowest BCUT2D eigenvalue weighted by atomic mass is 10.0. The largest absolute Gasteiger partial charge is 0.497 e. The van der Waals surface area contributed by atoms with Crippen molar-refractivity contribution < 1.29 is 4.74 Å². The molecule has 32 heavy (non-hydrogen) atoms. The molecule has 158 valence electrons. The summed E-state index contributed by atoms with van der Waals surface area (Å²) in [4.78, 5) is 4.30. The Balaban J connectivity index is 1.36. The third-order valence-electron chi connectivity index (χ3n) is 5.98. The number of benzene rings is 3. The number of hydrogen-bond acceptors (Lipinski definition) is 5. The number of nitrogens with zero attached hydrogens (tertiary/aromatic N) is 4. The van der Waals surface area contributed by atoms with Crippen molar-refractivity contribution in [2.45, 2.75) is 19.8 Å². The Hall–Kier alpha value is -3.71. The Morgan fingerprint density at radius 1 is 0.969 bits per heavy atom. The molecule has 0 radical (unpaired) electrons. The number of aromatic nitrogens is 5. The maximum absolute atomic E-state index is 5.43. The van der Waals surface area contributed by atoms with Crippen LogP contribution in [-0.2, 0) is 12.8 Å². The molecule has 6 nitrogen and oxygen atoms in total. The van der Waals surface area contributed by atoms with Crippen molar-refractivity contribution in [2.75, 3.05) is 7.11 Å². The first-order valence-electron chi connectivity index (χ1n) is 10.5. The number of H-pyrrole nitrogens is 1. The number of rotatable bonds is 5. The Morgan fingerprint density at radius 3 is 2.75 bits per heavy atom. The number of nitrogens with one attached hydrogen (secondary N) is 1. The Bertz CT molecular complexity index is 1590. The van der Waals surface area contributed by atoms with Crippen LogP contribution in [-0.4, -0.2) is 31.9 Å². The molecule has 3 aromatic heterocycles. The molecule has 3 heterocycles. The van der Waals surface area contributed by atoms with Gasteiger partial charge in [0.1, 0.15) is 10.8 Å². The van der Waals surface area contributed by atoms with E-state index in [9.17, 15) is 0 Å². The summed E-state index contributed by atoms with van der Waals surface area (Å²) in [5.74, 6) is 1.71. The van der Waals surface area contributed by atoms with E-state index in [4.69, 9.17) is 9.84 Å². The molecule has 0 aliphatic carbocycles. The molecule has 3 aromatic carbocycles. The summed E-state index contributed by atoms with van der Waals surface area (Å²) in [5.41, 5.74) is 4.72. The molecule has 0 bridgehead atoms. The fourth-order valence-electron chi connectivity index (χ4n) is 4.36. The summed E-state index contributed by atoms with van der Waals surface area (Å²) < 4.78 is 7.32. The van der Waals surface area contributed by atoms with Gasteiger partial charge < -0.3 is 9.72 Å². The summed E-state index contributed by atoms with van der Waals surface area (Å²) in [6, 6.07) is 20.9. The molecule has 0 aliphatic heterocycles. The van der Waals surface area contributed by atoms with Gasteiger partial charge in [-0.25, -0.2) is 0 Å². The highest BCUT2D eigenvalue weighted by molar-refractivity contribution is 7.16. The SMILES string of the molecule is COc1ccc2[nH]c(C)c(Cc3nn4c(Cc5cccc6ccccc56)nnc4s3)c2c1. The minimum absolute atomic E-state index is 0.689. The van der Waals surface area contributed by atoms with Crippen LogP contribution in [0.15, 0.2) is 60.7 Å². The summed E-state index contributed by atoms with van der Waals surface area (Å²) in [6.45, 7) is 2.11. The quantitative estimate of drug-likeness (QED) is 0.395. The van der Waals surface area contributed by atoms with Crippen molar-refractivity contribution in [1.29, 1.82) is 0 Å². The lowest BCUT2D eigenvalue weighted by molar-refractivity contribution is 0.415. The van der Waals surface area contributed by atoms with Gasteiger partial charge in [-0.1, -0.05) is 53.8 Å². The monoisotopic (exact) mass is 439 g/mol. The van der Waals surface area contributed by atoms with E-state index in [-0.39, 0.29) is 0 Å². The Morgan fingerprint density at radius 2 is 1.84 bits per heavy atom. The number of ether oxygens (including phenoxy) is 1. The maximum atomic E-state index is 5.43. The van der Waals surface area contributed by atoms with Crippen molar-refractivity contribution >= 4 is 38.0 Å². The van der Waals surface area contributed by atoms with Crippen molar-refractivity contribution in [2.24, 2.45) is 0 Å². The third kappa shape index (κ3) is 3.13. The minimum atomic E-state index is 0.689. The van der Waals surface area contributed by atoms with Gasteiger partial charge >= 0.3 is 0 Å². The van der Waals surface area contributed by atoms with E-state index in [1.54, 1.807) is 18.4 Å². The van der Waals surface area contributed by atoms with Gasteiger partial charge in [-0.05, 0) is 47.0 Å². The number of methoxy groups -OCH3 is 1. The first kappa shape index (κ1) is 19.0. The van der Waals surface area contributed by atoms with Gasteiger partial charge in [-0.15, -0.1) is 10.2 Å². The van der Waals surface area contributed by atoms with E-state index in [0.29, 0.717) is 6.42 Å². The van der Waals surface area contributed by atoms with Crippen LogP contribution in [0.25, 0.3) is 26.6 Å². The van der Waals surface area contributed by atoms with Crippen LogP contribution in [0, 0.1) is 6.92 Å². The van der Waals surface area contributed by atoms with Crippen molar-refractivity contribution in [3.05, 3.63) is 88.3 Å². The van der Waals surface area contributed by atoms with Gasteiger partial charge in [-0.2, -0.15) is 9.61 Å². The normalized spacial score (nSPS) is 11.7. The van der Waals surface area contributed by atoms with Crippen molar-refractivity contribution in [3.63, 3.8) is 0 Å². The predicted octanol–water partition coefficient (Wildman–Crippen LogP) is 5.32. The number of hydrogen-bond donors (Lipinski definition) is 1. The fraction of sp³-hybridized carbons (Fsp3) is 0.160. The number of fused-ring (bicyclic) bond motifs is 3. The zero-order chi connectivity index (χ0) is 21.7. The fourth-order valence-corrected chi connectivity index (χ4v) is 5.23. The predicted molar refractivity (Wildman–Crippen MR) is 128 cm³/mol. The molecule has 0 atom stereocenters. The lowest BCUT2D eigenvalue weighted by Crippen LogP contribution is -1.99. The first-order chi connectivity index (χ1) is 15.7. The second-order valence-electron chi connectivity index (χ2n) is 7.94. The van der Waals surface area contributed by atoms with Crippen molar-refractivity contribution in [1.82, 2.24) is 24.8 Å². The average Bonchev–Trinajstić information content (AvgIpc) is 3.48. The Labute approximate surface area is 188 Å². The highest BCUT2D eigenvalue weighted by Crippen LogP contribution is 2.29. The van der Waals surface area contributed by atoms with Gasteiger partial charge in [0.05, 0.1) is 7.11 Å². The van der Waals surface area contributed by atoms with Crippen molar-refractivity contribution in [3.8, 4) is 5.75 Å². The molecular formula is C25H21N5OS. The molecule has 6 rings (SSSR count). The molecule has 0 amide bonds. The molecule has 0 unspecified atom stereocenters. The van der Waals surface area contributed by atoms with Gasteiger partial charge in [0.2, 0.25) is 4.96 Å². The zero-order valence-electron chi connectivity index (χ0n) is 17.8.